The van der Waals surface area contributed by atoms with Gasteiger partial charge in [-0.3, -0.25) is 0 Å². The molecule has 18 heavy (non-hydrogen) atoms. The third-order valence-electron chi connectivity index (χ3n) is 3.34. The van der Waals surface area contributed by atoms with Gasteiger partial charge in [0.15, 0.2) is 0 Å². The van der Waals surface area contributed by atoms with Gasteiger partial charge in [-0.15, -0.1) is 0 Å². The summed E-state index contributed by atoms with van der Waals surface area (Å²) in [4.78, 5) is 4.30. The molecule has 1 atom stereocenters. The molecule has 1 aliphatic heterocycles. The van der Waals surface area contributed by atoms with Gasteiger partial charge >= 0.3 is 0 Å². The van der Waals surface area contributed by atoms with Crippen LogP contribution in [0.25, 0.3) is 0 Å². The maximum atomic E-state index is 5.99. The Hall–Kier alpha value is -0.940. The molecule has 2 heterocycles. The van der Waals surface area contributed by atoms with Gasteiger partial charge in [0.2, 0.25) is 0 Å². The fourth-order valence-corrected chi connectivity index (χ4v) is 2.35. The Morgan fingerprint density at radius 3 is 3.06 bits per heavy atom. The number of aromatic nitrogens is 3. The zero-order valence-corrected chi connectivity index (χ0v) is 11.6. The molecular weight excluding hydrogens is 228 g/mol. The molecule has 0 bridgehead atoms. The summed E-state index contributed by atoms with van der Waals surface area (Å²) < 4.78 is 7.96. The molecule has 1 aliphatic rings. The monoisotopic (exact) mass is 252 g/mol. The topological polar surface area (TPSA) is 52.0 Å². The van der Waals surface area contributed by atoms with Gasteiger partial charge in [-0.2, -0.15) is 5.10 Å². The van der Waals surface area contributed by atoms with Crippen LogP contribution >= 0.6 is 0 Å². The largest absolute Gasteiger partial charge is 0.370 e. The maximum absolute atomic E-state index is 5.99. The zero-order valence-electron chi connectivity index (χ0n) is 11.6. The zero-order chi connectivity index (χ0) is 13.0. The summed E-state index contributed by atoms with van der Waals surface area (Å²) in [5.41, 5.74) is 0.0197. The van der Waals surface area contributed by atoms with E-state index in [1.165, 1.54) is 0 Å². The Morgan fingerprint density at radius 2 is 2.39 bits per heavy atom. The van der Waals surface area contributed by atoms with Crippen LogP contribution in [-0.2, 0) is 17.8 Å². The van der Waals surface area contributed by atoms with Crippen molar-refractivity contribution in [1.82, 2.24) is 20.1 Å². The Balaban J connectivity index is 1.88. The normalized spacial score (nSPS) is 22.5. The van der Waals surface area contributed by atoms with Crippen LogP contribution in [0.15, 0.2) is 6.33 Å². The Kier molecular flexibility index (Phi) is 4.35. The highest BCUT2D eigenvalue weighted by atomic mass is 16.5. The minimum absolute atomic E-state index is 0.0197. The summed E-state index contributed by atoms with van der Waals surface area (Å²) in [5.74, 6) is 0.997. The smallest absolute Gasteiger partial charge is 0.140 e. The highest BCUT2D eigenvalue weighted by molar-refractivity contribution is 4.87. The molecule has 0 radical (unpaired) electrons. The van der Waals surface area contributed by atoms with E-state index in [2.05, 4.69) is 36.2 Å². The average Bonchev–Trinajstić information content (AvgIpc) is 2.87. The van der Waals surface area contributed by atoms with Crippen LogP contribution in [0, 0.1) is 0 Å². The lowest BCUT2D eigenvalue weighted by Gasteiger charge is -2.19. The van der Waals surface area contributed by atoms with Gasteiger partial charge in [-0.05, 0) is 39.7 Å². The van der Waals surface area contributed by atoms with Gasteiger partial charge in [-0.1, -0.05) is 6.92 Å². The van der Waals surface area contributed by atoms with E-state index < -0.39 is 0 Å². The van der Waals surface area contributed by atoms with Crippen molar-refractivity contribution in [3.63, 3.8) is 0 Å². The molecule has 0 spiro atoms. The second-order valence-electron chi connectivity index (χ2n) is 5.57. The first-order valence-electron chi connectivity index (χ1n) is 6.86. The van der Waals surface area contributed by atoms with E-state index in [1.807, 2.05) is 4.68 Å². The van der Waals surface area contributed by atoms with Crippen LogP contribution in [0.5, 0.6) is 0 Å². The second-order valence-corrected chi connectivity index (χ2v) is 5.57. The summed E-state index contributed by atoms with van der Waals surface area (Å²) in [6.45, 7) is 9.07. The Labute approximate surface area is 109 Å². The summed E-state index contributed by atoms with van der Waals surface area (Å²) in [7, 11) is 0. The lowest BCUT2D eigenvalue weighted by molar-refractivity contribution is -0.0233. The van der Waals surface area contributed by atoms with Crippen LogP contribution in [0.3, 0.4) is 0 Å². The Bertz CT molecular complexity index is 375. The molecule has 5 heteroatoms. The van der Waals surface area contributed by atoms with Crippen LogP contribution in [0.1, 0.15) is 45.9 Å². The SMILES string of the molecule is CCCNCc1ncnn1CC1CCC(C)(C)O1. The van der Waals surface area contributed by atoms with E-state index in [0.29, 0.717) is 0 Å². The third-order valence-corrected chi connectivity index (χ3v) is 3.34. The molecule has 0 aliphatic carbocycles. The molecule has 1 unspecified atom stereocenters. The second kappa shape index (κ2) is 5.80. The minimum Gasteiger partial charge on any atom is -0.370 e. The van der Waals surface area contributed by atoms with Gasteiger partial charge in [0.1, 0.15) is 12.2 Å². The molecule has 1 N–H and O–H groups in total. The molecule has 0 aromatic carbocycles. The van der Waals surface area contributed by atoms with Gasteiger partial charge in [0.05, 0.1) is 24.8 Å². The van der Waals surface area contributed by atoms with E-state index in [9.17, 15) is 0 Å². The number of ether oxygens (including phenoxy) is 1. The molecule has 1 fully saturated rings. The predicted octanol–water partition coefficient (Wildman–Crippen LogP) is 1.74. The predicted molar refractivity (Wildman–Crippen MR) is 70.2 cm³/mol. The fraction of sp³-hybridized carbons (Fsp3) is 0.846. The van der Waals surface area contributed by atoms with E-state index in [-0.39, 0.29) is 11.7 Å². The molecule has 1 saturated heterocycles. The number of hydrogen-bond donors (Lipinski definition) is 1. The highest BCUT2D eigenvalue weighted by Crippen LogP contribution is 2.30. The lowest BCUT2D eigenvalue weighted by atomic mass is 10.1. The van der Waals surface area contributed by atoms with Crippen molar-refractivity contribution in [1.29, 1.82) is 0 Å². The summed E-state index contributed by atoms with van der Waals surface area (Å²) >= 11 is 0. The molecule has 1 aromatic rings. The van der Waals surface area contributed by atoms with Gasteiger partial charge in [-0.25, -0.2) is 9.67 Å². The highest BCUT2D eigenvalue weighted by Gasteiger charge is 2.32. The number of hydrogen-bond acceptors (Lipinski definition) is 4. The summed E-state index contributed by atoms with van der Waals surface area (Å²) in [6.07, 6.45) is 5.26. The fourth-order valence-electron chi connectivity index (χ4n) is 2.35. The van der Waals surface area contributed by atoms with Gasteiger partial charge in [0, 0.05) is 0 Å². The van der Waals surface area contributed by atoms with E-state index >= 15 is 0 Å². The van der Waals surface area contributed by atoms with Crippen molar-refractivity contribution in [3.05, 3.63) is 12.2 Å². The first kappa shape index (κ1) is 13.5. The van der Waals surface area contributed by atoms with Gasteiger partial charge in [0.25, 0.3) is 0 Å². The lowest BCUT2D eigenvalue weighted by Crippen LogP contribution is -2.25. The van der Waals surface area contributed by atoms with Crippen molar-refractivity contribution in [3.8, 4) is 0 Å². The summed E-state index contributed by atoms with van der Waals surface area (Å²) in [6, 6.07) is 0. The van der Waals surface area contributed by atoms with Crippen LogP contribution < -0.4 is 5.32 Å². The van der Waals surface area contributed by atoms with Crippen LogP contribution in [-0.4, -0.2) is 33.0 Å². The van der Waals surface area contributed by atoms with Crippen LogP contribution in [0.4, 0.5) is 0 Å². The molecule has 102 valence electrons. The van der Waals surface area contributed by atoms with Crippen molar-refractivity contribution in [2.75, 3.05) is 6.54 Å². The van der Waals surface area contributed by atoms with E-state index in [4.69, 9.17) is 4.74 Å². The van der Waals surface area contributed by atoms with E-state index in [0.717, 1.165) is 44.7 Å². The number of rotatable bonds is 6. The van der Waals surface area contributed by atoms with Crippen molar-refractivity contribution >= 4 is 0 Å². The minimum atomic E-state index is 0.0197. The standard InChI is InChI=1S/C13H24N4O/c1-4-7-14-8-12-15-10-16-17(12)9-11-5-6-13(2,3)18-11/h10-11,14H,4-9H2,1-3H3. The summed E-state index contributed by atoms with van der Waals surface area (Å²) in [5, 5.41) is 7.65. The number of nitrogens with one attached hydrogen (secondary N) is 1. The quantitative estimate of drug-likeness (QED) is 0.783. The van der Waals surface area contributed by atoms with Crippen LogP contribution in [0.2, 0.25) is 0 Å². The number of nitrogens with zero attached hydrogens (tertiary/aromatic N) is 3. The molecule has 5 nitrogen and oxygen atoms in total. The van der Waals surface area contributed by atoms with Crippen molar-refractivity contribution in [2.45, 2.75) is 64.8 Å². The Morgan fingerprint density at radius 1 is 1.56 bits per heavy atom. The third kappa shape index (κ3) is 3.53. The van der Waals surface area contributed by atoms with Gasteiger partial charge < -0.3 is 10.1 Å². The average molecular weight is 252 g/mol. The van der Waals surface area contributed by atoms with Crippen molar-refractivity contribution < 1.29 is 4.74 Å². The molecular formula is C13H24N4O. The molecule has 0 saturated carbocycles. The van der Waals surface area contributed by atoms with E-state index in [1.54, 1.807) is 6.33 Å². The van der Waals surface area contributed by atoms with Crippen molar-refractivity contribution in [2.24, 2.45) is 0 Å². The molecule has 1 aromatic heterocycles. The maximum Gasteiger partial charge on any atom is 0.140 e. The molecule has 0 amide bonds. The first-order valence-corrected chi connectivity index (χ1v) is 6.86. The first-order chi connectivity index (χ1) is 8.61. The molecule has 2 rings (SSSR count).